The first-order chi connectivity index (χ1) is 14.4. The second kappa shape index (κ2) is 10.3. The summed E-state index contributed by atoms with van der Waals surface area (Å²) < 4.78 is 33.1. The number of carbonyl (C=O) groups is 1. The summed E-state index contributed by atoms with van der Waals surface area (Å²) in [5.74, 6) is 1.26. The zero-order valence-corrected chi connectivity index (χ0v) is 19.4. The van der Waals surface area contributed by atoms with E-state index in [1.165, 1.54) is 11.3 Å². The predicted molar refractivity (Wildman–Crippen MR) is 123 cm³/mol. The van der Waals surface area contributed by atoms with Crippen molar-refractivity contribution in [2.24, 2.45) is 4.99 Å². The number of aryl methyl sites for hydroxylation is 1. The number of methoxy groups -OCH3 is 1. The number of hydrogen-bond donors (Lipinski definition) is 0. The summed E-state index contributed by atoms with van der Waals surface area (Å²) in [5, 5.41) is 0. The molecular formula is C21H24N2O4S3. The topological polar surface area (TPSA) is 77.7 Å². The zero-order valence-electron chi connectivity index (χ0n) is 16.9. The molecule has 0 aliphatic carbocycles. The van der Waals surface area contributed by atoms with Gasteiger partial charge in [0.1, 0.15) is 5.75 Å². The number of hydrogen-bond acceptors (Lipinski definition) is 6. The van der Waals surface area contributed by atoms with E-state index in [0.717, 1.165) is 28.3 Å². The molecule has 0 spiro atoms. The molecule has 0 fully saturated rings. The van der Waals surface area contributed by atoms with Crippen molar-refractivity contribution in [2.45, 2.75) is 24.3 Å². The third-order valence-corrected chi connectivity index (χ3v) is 8.00. The van der Waals surface area contributed by atoms with Gasteiger partial charge in [0.25, 0.3) is 0 Å². The number of amides is 1. The Bertz CT molecular complexity index is 1180. The minimum atomic E-state index is -3.39. The molecule has 0 bridgehead atoms. The molecule has 0 aliphatic heterocycles. The van der Waals surface area contributed by atoms with Crippen molar-refractivity contribution in [2.75, 3.05) is 24.9 Å². The summed E-state index contributed by atoms with van der Waals surface area (Å²) >= 11 is 3.17. The molecule has 0 radical (unpaired) electrons. The van der Waals surface area contributed by atoms with Crippen LogP contribution in [0, 0.1) is 0 Å². The van der Waals surface area contributed by atoms with E-state index < -0.39 is 9.84 Å². The van der Waals surface area contributed by atoms with E-state index >= 15 is 0 Å². The van der Waals surface area contributed by atoms with Gasteiger partial charge in [-0.25, -0.2) is 8.42 Å². The Morgan fingerprint density at radius 1 is 1.20 bits per heavy atom. The number of carbonyl (C=O) groups excluding carboxylic acids is 1. The molecule has 1 aromatic heterocycles. The van der Waals surface area contributed by atoms with Gasteiger partial charge >= 0.3 is 0 Å². The van der Waals surface area contributed by atoms with E-state index in [1.54, 1.807) is 49.2 Å². The number of aromatic nitrogens is 1. The Morgan fingerprint density at radius 3 is 2.67 bits per heavy atom. The lowest BCUT2D eigenvalue weighted by molar-refractivity contribution is -0.118. The molecule has 9 heteroatoms. The van der Waals surface area contributed by atoms with Crippen molar-refractivity contribution >= 4 is 49.1 Å². The molecule has 3 rings (SSSR count). The molecule has 160 valence electrons. The molecule has 1 amide bonds. The highest BCUT2D eigenvalue weighted by atomic mass is 32.2. The fraction of sp³-hybridized carbons (Fsp3) is 0.333. The summed E-state index contributed by atoms with van der Waals surface area (Å²) in [6.07, 6.45) is 2.36. The first-order valence-corrected chi connectivity index (χ1v) is 13.3. The minimum Gasteiger partial charge on any atom is -0.497 e. The van der Waals surface area contributed by atoms with Crippen LogP contribution in [0.5, 0.6) is 5.75 Å². The van der Waals surface area contributed by atoms with Crippen LogP contribution in [0.4, 0.5) is 0 Å². The number of rotatable bonds is 9. The van der Waals surface area contributed by atoms with Crippen LogP contribution in [0.2, 0.25) is 0 Å². The van der Waals surface area contributed by atoms with Gasteiger partial charge in [0.2, 0.25) is 5.91 Å². The molecule has 3 aromatic rings. The lowest BCUT2D eigenvalue weighted by Crippen LogP contribution is -2.18. The number of ether oxygens (including phenoxy) is 1. The highest BCUT2D eigenvalue weighted by Crippen LogP contribution is 2.23. The van der Waals surface area contributed by atoms with Crippen molar-refractivity contribution in [3.8, 4) is 5.75 Å². The molecule has 0 saturated carbocycles. The van der Waals surface area contributed by atoms with Crippen LogP contribution in [-0.2, 0) is 21.2 Å². The summed E-state index contributed by atoms with van der Waals surface area (Å²) in [5.41, 5.74) is 0.978. The highest BCUT2D eigenvalue weighted by Gasteiger charge is 2.15. The Kier molecular flexibility index (Phi) is 7.74. The van der Waals surface area contributed by atoms with E-state index in [-0.39, 0.29) is 29.4 Å². The van der Waals surface area contributed by atoms with Crippen LogP contribution in [0.25, 0.3) is 10.2 Å². The van der Waals surface area contributed by atoms with Gasteiger partial charge in [-0.3, -0.25) is 4.79 Å². The maximum absolute atomic E-state index is 12.5. The van der Waals surface area contributed by atoms with E-state index in [9.17, 15) is 13.2 Å². The van der Waals surface area contributed by atoms with Gasteiger partial charge in [-0.2, -0.15) is 16.8 Å². The third kappa shape index (κ3) is 5.53. The molecule has 2 aromatic carbocycles. The molecule has 0 N–H and O–H groups in total. The van der Waals surface area contributed by atoms with Crippen LogP contribution in [0.15, 0.2) is 58.4 Å². The minimum absolute atomic E-state index is 0.0750. The molecule has 1 heterocycles. The number of sulfone groups is 1. The number of nitrogens with zero attached hydrogens (tertiary/aromatic N) is 2. The van der Waals surface area contributed by atoms with Gasteiger partial charge in [0.05, 0.1) is 28.0 Å². The quantitative estimate of drug-likeness (QED) is 0.482. The van der Waals surface area contributed by atoms with Gasteiger partial charge < -0.3 is 9.30 Å². The van der Waals surface area contributed by atoms with E-state index in [1.807, 2.05) is 29.0 Å². The third-order valence-electron chi connectivity index (χ3n) is 4.53. The zero-order chi connectivity index (χ0) is 21.6. The van der Waals surface area contributed by atoms with E-state index in [0.29, 0.717) is 4.80 Å². The second-order valence-corrected chi connectivity index (χ2v) is 10.7. The fourth-order valence-corrected chi connectivity index (χ4v) is 5.73. The Labute approximate surface area is 184 Å². The summed E-state index contributed by atoms with van der Waals surface area (Å²) in [4.78, 5) is 17.7. The molecule has 6 nitrogen and oxygen atoms in total. The van der Waals surface area contributed by atoms with E-state index in [4.69, 9.17) is 4.74 Å². The van der Waals surface area contributed by atoms with Gasteiger partial charge in [0.15, 0.2) is 14.6 Å². The number of fused-ring (bicyclic) bond motifs is 1. The van der Waals surface area contributed by atoms with Crippen LogP contribution >= 0.6 is 23.1 Å². The lowest BCUT2D eigenvalue weighted by atomic mass is 10.3. The van der Waals surface area contributed by atoms with Crippen molar-refractivity contribution in [1.29, 1.82) is 0 Å². The van der Waals surface area contributed by atoms with Crippen LogP contribution in [-0.4, -0.2) is 43.8 Å². The summed E-state index contributed by atoms with van der Waals surface area (Å²) in [6, 6.07) is 14.1. The largest absolute Gasteiger partial charge is 0.497 e. The van der Waals surface area contributed by atoms with Crippen molar-refractivity contribution in [1.82, 2.24) is 4.57 Å². The Hall–Kier alpha value is -2.10. The molecule has 0 atom stereocenters. The summed E-state index contributed by atoms with van der Waals surface area (Å²) in [7, 11) is -1.77. The van der Waals surface area contributed by atoms with Gasteiger partial charge in [0, 0.05) is 24.8 Å². The molecule has 0 unspecified atom stereocenters. The highest BCUT2D eigenvalue weighted by molar-refractivity contribution is 7.98. The van der Waals surface area contributed by atoms with Crippen molar-refractivity contribution < 1.29 is 17.9 Å². The lowest BCUT2D eigenvalue weighted by Gasteiger charge is -2.05. The average molecular weight is 465 g/mol. The molecule has 0 saturated heterocycles. The van der Waals surface area contributed by atoms with Crippen LogP contribution in [0.3, 0.4) is 0 Å². The maximum Gasteiger partial charge on any atom is 0.248 e. The van der Waals surface area contributed by atoms with Crippen LogP contribution in [0.1, 0.15) is 12.8 Å². The van der Waals surface area contributed by atoms with Crippen LogP contribution < -0.4 is 9.54 Å². The molecular weight excluding hydrogens is 440 g/mol. The average Bonchev–Trinajstić information content (AvgIpc) is 3.08. The van der Waals surface area contributed by atoms with E-state index in [2.05, 4.69) is 4.99 Å². The van der Waals surface area contributed by atoms with Gasteiger partial charge in [-0.15, -0.1) is 0 Å². The number of thioether (sulfide) groups is 1. The Morgan fingerprint density at radius 2 is 1.97 bits per heavy atom. The monoisotopic (exact) mass is 464 g/mol. The molecule has 30 heavy (non-hydrogen) atoms. The Balaban J connectivity index is 1.77. The van der Waals surface area contributed by atoms with Gasteiger partial charge in [-0.1, -0.05) is 29.5 Å². The maximum atomic E-state index is 12.5. The van der Waals surface area contributed by atoms with Gasteiger partial charge in [-0.05, 0) is 36.9 Å². The fourth-order valence-electron chi connectivity index (χ4n) is 2.98. The predicted octanol–water partition coefficient (Wildman–Crippen LogP) is 3.76. The van der Waals surface area contributed by atoms with Crippen molar-refractivity contribution in [3.63, 3.8) is 0 Å². The molecule has 0 aliphatic rings. The first-order valence-electron chi connectivity index (χ1n) is 9.46. The first kappa shape index (κ1) is 22.6. The number of thiazole rings is 1. The summed E-state index contributed by atoms with van der Waals surface area (Å²) in [6.45, 7) is 0.725. The normalized spacial score (nSPS) is 12.4. The SMILES string of the molecule is COc1ccc2sc(=NC(=O)CCCS(=O)(=O)c3ccccc3)n(CCSC)c2c1. The second-order valence-electron chi connectivity index (χ2n) is 6.60. The smallest absolute Gasteiger partial charge is 0.248 e. The number of benzene rings is 2. The van der Waals surface area contributed by atoms with Crippen molar-refractivity contribution in [3.05, 3.63) is 53.3 Å². The standard InChI is InChI=1S/C21H24N2O4S3/c1-27-16-10-11-19-18(15-16)23(12-13-28-2)21(29-19)22-20(24)9-6-14-30(25,26)17-7-4-3-5-8-17/h3-5,7-8,10-11,15H,6,9,12-14H2,1-2H3.